The van der Waals surface area contributed by atoms with Gasteiger partial charge in [0.15, 0.2) is 10.9 Å². The van der Waals surface area contributed by atoms with E-state index in [2.05, 4.69) is 20.4 Å². The molecule has 1 aliphatic carbocycles. The number of amides is 1. The molecular weight excluding hydrogens is 302 g/mol. The predicted octanol–water partition coefficient (Wildman–Crippen LogP) is 2.27. The van der Waals surface area contributed by atoms with Gasteiger partial charge in [-0.3, -0.25) is 4.79 Å². The SMILES string of the molecule is Cn1cncc1[C@@H]1C[C@H]1C(=O)Nc1nc(-c2ccno2)cs1. The molecule has 1 N–H and O–H groups in total. The van der Waals surface area contributed by atoms with Crippen LogP contribution in [-0.4, -0.2) is 25.6 Å². The maximum Gasteiger partial charge on any atom is 0.229 e. The van der Waals surface area contributed by atoms with Gasteiger partial charge in [-0.1, -0.05) is 5.16 Å². The number of anilines is 1. The van der Waals surface area contributed by atoms with Gasteiger partial charge in [0.2, 0.25) is 5.91 Å². The fourth-order valence-corrected chi connectivity index (χ4v) is 3.23. The summed E-state index contributed by atoms with van der Waals surface area (Å²) in [6.07, 6.45) is 6.00. The lowest BCUT2D eigenvalue weighted by Crippen LogP contribution is -2.14. The van der Waals surface area contributed by atoms with Crippen molar-refractivity contribution < 1.29 is 9.32 Å². The molecule has 0 unspecified atom stereocenters. The quantitative estimate of drug-likeness (QED) is 0.798. The highest BCUT2D eigenvalue weighted by atomic mass is 32.1. The molecular formula is C14H13N5O2S. The number of imidazole rings is 1. The number of hydrogen-bond acceptors (Lipinski definition) is 6. The lowest BCUT2D eigenvalue weighted by Gasteiger charge is -2.02. The van der Waals surface area contributed by atoms with Gasteiger partial charge in [0, 0.05) is 42.2 Å². The average Bonchev–Trinajstić information content (AvgIpc) is 2.94. The van der Waals surface area contributed by atoms with E-state index in [0.29, 0.717) is 16.6 Å². The largest absolute Gasteiger partial charge is 0.355 e. The summed E-state index contributed by atoms with van der Waals surface area (Å²) in [7, 11) is 1.94. The van der Waals surface area contributed by atoms with E-state index in [0.717, 1.165) is 12.1 Å². The highest BCUT2D eigenvalue weighted by Crippen LogP contribution is 2.47. The van der Waals surface area contributed by atoms with Crippen molar-refractivity contribution in [1.29, 1.82) is 0 Å². The Kier molecular flexibility index (Phi) is 3.04. The van der Waals surface area contributed by atoms with Gasteiger partial charge < -0.3 is 14.4 Å². The summed E-state index contributed by atoms with van der Waals surface area (Å²) in [4.78, 5) is 20.7. The molecule has 4 rings (SSSR count). The Labute approximate surface area is 130 Å². The van der Waals surface area contributed by atoms with Crippen molar-refractivity contribution in [2.24, 2.45) is 13.0 Å². The molecule has 1 amide bonds. The summed E-state index contributed by atoms with van der Waals surface area (Å²) in [5.41, 5.74) is 1.78. The first kappa shape index (κ1) is 13.2. The number of hydrogen-bond donors (Lipinski definition) is 1. The van der Waals surface area contributed by atoms with Crippen LogP contribution in [0.5, 0.6) is 0 Å². The van der Waals surface area contributed by atoms with E-state index in [1.165, 1.54) is 11.3 Å². The summed E-state index contributed by atoms with van der Waals surface area (Å²) < 4.78 is 7.01. The van der Waals surface area contributed by atoms with Crippen LogP contribution in [0.2, 0.25) is 0 Å². The van der Waals surface area contributed by atoms with E-state index >= 15 is 0 Å². The van der Waals surface area contributed by atoms with E-state index in [1.54, 1.807) is 18.6 Å². The number of aromatic nitrogens is 4. The van der Waals surface area contributed by atoms with Crippen LogP contribution in [0.1, 0.15) is 18.0 Å². The summed E-state index contributed by atoms with van der Waals surface area (Å²) in [5, 5.41) is 8.93. The maximum atomic E-state index is 12.3. The van der Waals surface area contributed by atoms with E-state index in [4.69, 9.17) is 4.52 Å². The van der Waals surface area contributed by atoms with Crippen LogP contribution in [0.4, 0.5) is 5.13 Å². The third kappa shape index (κ3) is 2.31. The maximum absolute atomic E-state index is 12.3. The molecule has 1 fully saturated rings. The zero-order chi connectivity index (χ0) is 15.1. The van der Waals surface area contributed by atoms with Crippen molar-refractivity contribution in [1.82, 2.24) is 19.7 Å². The molecule has 112 valence electrons. The lowest BCUT2D eigenvalue weighted by molar-refractivity contribution is -0.117. The number of thiazole rings is 1. The highest BCUT2D eigenvalue weighted by molar-refractivity contribution is 7.14. The Morgan fingerprint density at radius 3 is 3.18 bits per heavy atom. The Balaban J connectivity index is 1.42. The fraction of sp³-hybridized carbons (Fsp3) is 0.286. The number of nitrogens with zero attached hydrogens (tertiary/aromatic N) is 4. The molecule has 3 heterocycles. The van der Waals surface area contributed by atoms with Crippen LogP contribution in [0.25, 0.3) is 11.5 Å². The highest BCUT2D eigenvalue weighted by Gasteiger charge is 2.45. The number of aryl methyl sites for hydroxylation is 1. The minimum Gasteiger partial charge on any atom is -0.355 e. The van der Waals surface area contributed by atoms with Crippen LogP contribution in [0.15, 0.2) is 34.7 Å². The smallest absolute Gasteiger partial charge is 0.229 e. The van der Waals surface area contributed by atoms with Crippen LogP contribution >= 0.6 is 11.3 Å². The lowest BCUT2D eigenvalue weighted by atomic mass is 10.2. The first-order valence-electron chi connectivity index (χ1n) is 6.86. The van der Waals surface area contributed by atoms with Gasteiger partial charge in [0.25, 0.3) is 0 Å². The Bertz CT molecular complexity index is 807. The van der Waals surface area contributed by atoms with E-state index < -0.39 is 0 Å². The molecule has 3 aromatic rings. The van der Waals surface area contributed by atoms with Crippen molar-refractivity contribution in [3.05, 3.63) is 35.9 Å². The summed E-state index contributed by atoms with van der Waals surface area (Å²) in [5.74, 6) is 0.842. The van der Waals surface area contributed by atoms with Crippen molar-refractivity contribution >= 4 is 22.4 Å². The molecule has 0 aromatic carbocycles. The number of carbonyl (C=O) groups excluding carboxylic acids is 1. The molecule has 0 spiro atoms. The molecule has 8 heteroatoms. The van der Waals surface area contributed by atoms with Crippen molar-refractivity contribution in [2.45, 2.75) is 12.3 Å². The number of rotatable bonds is 4. The van der Waals surface area contributed by atoms with Gasteiger partial charge in [0.1, 0.15) is 5.69 Å². The van der Waals surface area contributed by atoms with E-state index in [-0.39, 0.29) is 17.7 Å². The molecule has 3 aromatic heterocycles. The van der Waals surface area contributed by atoms with Gasteiger partial charge >= 0.3 is 0 Å². The van der Waals surface area contributed by atoms with Gasteiger partial charge in [0.05, 0.1) is 12.5 Å². The van der Waals surface area contributed by atoms with Crippen LogP contribution in [0, 0.1) is 5.92 Å². The summed E-state index contributed by atoms with van der Waals surface area (Å²) in [6.45, 7) is 0. The van der Waals surface area contributed by atoms with Gasteiger partial charge in [-0.25, -0.2) is 9.97 Å². The van der Waals surface area contributed by atoms with Gasteiger partial charge in [-0.05, 0) is 6.42 Å². The molecule has 7 nitrogen and oxygen atoms in total. The van der Waals surface area contributed by atoms with Gasteiger partial charge in [-0.15, -0.1) is 11.3 Å². The van der Waals surface area contributed by atoms with Crippen molar-refractivity contribution in [2.75, 3.05) is 5.32 Å². The molecule has 2 atom stereocenters. The standard InChI is InChI=1S/C14H13N5O2S/c1-19-7-15-5-11(19)8-4-9(8)13(20)18-14-17-10(6-22-14)12-2-3-16-21-12/h2-3,5-9H,4H2,1H3,(H,17,18,20)/t8-,9-/m1/s1. The Hall–Kier alpha value is -2.48. The van der Waals surface area contributed by atoms with Gasteiger partial charge in [-0.2, -0.15) is 0 Å². The molecule has 22 heavy (non-hydrogen) atoms. The second-order valence-corrected chi connectivity index (χ2v) is 6.14. The molecule has 1 saturated carbocycles. The monoisotopic (exact) mass is 315 g/mol. The molecule has 0 bridgehead atoms. The zero-order valence-corrected chi connectivity index (χ0v) is 12.6. The van der Waals surface area contributed by atoms with E-state index in [1.807, 2.05) is 23.2 Å². The predicted molar refractivity (Wildman–Crippen MR) is 80.3 cm³/mol. The zero-order valence-electron chi connectivity index (χ0n) is 11.8. The minimum absolute atomic E-state index is 0.00432. The molecule has 0 radical (unpaired) electrons. The topological polar surface area (TPSA) is 85.8 Å². The van der Waals surface area contributed by atoms with Crippen molar-refractivity contribution in [3.63, 3.8) is 0 Å². The number of nitrogens with one attached hydrogen (secondary N) is 1. The number of carbonyl (C=O) groups is 1. The Morgan fingerprint density at radius 2 is 2.45 bits per heavy atom. The first-order chi connectivity index (χ1) is 10.7. The van der Waals surface area contributed by atoms with Crippen LogP contribution < -0.4 is 5.32 Å². The summed E-state index contributed by atoms with van der Waals surface area (Å²) in [6, 6.07) is 1.74. The second-order valence-electron chi connectivity index (χ2n) is 5.28. The summed E-state index contributed by atoms with van der Waals surface area (Å²) >= 11 is 1.37. The minimum atomic E-state index is -0.00645. The Morgan fingerprint density at radius 1 is 1.55 bits per heavy atom. The third-order valence-corrected chi connectivity index (χ3v) is 4.54. The average molecular weight is 315 g/mol. The van der Waals surface area contributed by atoms with Crippen LogP contribution in [0.3, 0.4) is 0 Å². The normalized spacial score (nSPS) is 20.0. The van der Waals surface area contributed by atoms with Crippen molar-refractivity contribution in [3.8, 4) is 11.5 Å². The molecule has 0 aliphatic heterocycles. The van der Waals surface area contributed by atoms with Crippen LogP contribution in [-0.2, 0) is 11.8 Å². The fourth-order valence-electron chi connectivity index (χ4n) is 2.53. The van der Waals surface area contributed by atoms with E-state index in [9.17, 15) is 4.79 Å². The first-order valence-corrected chi connectivity index (χ1v) is 7.74. The molecule has 0 saturated heterocycles. The third-order valence-electron chi connectivity index (χ3n) is 3.79. The second kappa shape index (κ2) is 5.06. The molecule has 1 aliphatic rings.